The van der Waals surface area contributed by atoms with Gasteiger partial charge in [-0.2, -0.15) is 0 Å². The van der Waals surface area contributed by atoms with E-state index in [0.717, 1.165) is 24.3 Å². The molecule has 0 spiro atoms. The summed E-state index contributed by atoms with van der Waals surface area (Å²) in [5, 5.41) is 2.94. The molecule has 1 aliphatic rings. The first-order valence-corrected chi connectivity index (χ1v) is 7.90. The quantitative estimate of drug-likeness (QED) is 0.944. The number of ether oxygens (including phenoxy) is 1. The van der Waals surface area contributed by atoms with E-state index >= 15 is 0 Å². The fraction of sp³-hybridized carbons (Fsp3) is 0.333. The van der Waals surface area contributed by atoms with Gasteiger partial charge in [-0.3, -0.25) is 4.98 Å². The Morgan fingerprint density at radius 3 is 2.61 bits per heavy atom. The minimum Gasteiger partial charge on any atom is -0.489 e. The molecular weight excluding hydrogens is 290 g/mol. The number of hydrogen-bond donors (Lipinski definition) is 1. The van der Waals surface area contributed by atoms with Crippen LogP contribution in [0.5, 0.6) is 5.75 Å². The molecule has 1 N–H and O–H groups in total. The van der Waals surface area contributed by atoms with Crippen LogP contribution in [0.4, 0.5) is 10.5 Å². The number of anilines is 1. The second-order valence-corrected chi connectivity index (χ2v) is 5.79. The average Bonchev–Trinajstić information content (AvgIpc) is 2.58. The van der Waals surface area contributed by atoms with Crippen molar-refractivity contribution in [1.82, 2.24) is 9.88 Å². The lowest BCUT2D eigenvalue weighted by Crippen LogP contribution is -2.43. The minimum atomic E-state index is -0.0475. The molecule has 1 aromatic heterocycles. The molecule has 1 aromatic carbocycles. The number of piperidine rings is 1. The van der Waals surface area contributed by atoms with Gasteiger partial charge >= 0.3 is 6.03 Å². The first-order valence-electron chi connectivity index (χ1n) is 7.90. The van der Waals surface area contributed by atoms with Crippen molar-refractivity contribution in [3.63, 3.8) is 0 Å². The summed E-state index contributed by atoms with van der Waals surface area (Å²) in [5.41, 5.74) is 2.01. The van der Waals surface area contributed by atoms with E-state index in [4.69, 9.17) is 4.74 Å². The molecule has 1 saturated heterocycles. The first kappa shape index (κ1) is 15.3. The van der Waals surface area contributed by atoms with Crippen LogP contribution in [0.2, 0.25) is 0 Å². The van der Waals surface area contributed by atoms with Gasteiger partial charge < -0.3 is 15.0 Å². The van der Waals surface area contributed by atoms with Gasteiger partial charge in [0.15, 0.2) is 0 Å². The number of likely N-dealkylation sites (tertiary alicyclic amines) is 1. The van der Waals surface area contributed by atoms with Crippen molar-refractivity contribution in [1.29, 1.82) is 0 Å². The zero-order valence-corrected chi connectivity index (χ0v) is 13.2. The topological polar surface area (TPSA) is 54.5 Å². The molecule has 5 heteroatoms. The Labute approximate surface area is 136 Å². The van der Waals surface area contributed by atoms with Crippen LogP contribution in [-0.2, 0) is 0 Å². The van der Waals surface area contributed by atoms with Crippen LogP contribution in [0.25, 0.3) is 0 Å². The lowest BCUT2D eigenvalue weighted by atomic mass is 10.1. The van der Waals surface area contributed by atoms with Crippen LogP contribution < -0.4 is 10.1 Å². The largest absolute Gasteiger partial charge is 0.489 e. The summed E-state index contributed by atoms with van der Waals surface area (Å²) in [6.45, 7) is 3.42. The maximum atomic E-state index is 12.3. The molecule has 0 saturated carbocycles. The Kier molecular flexibility index (Phi) is 4.76. The zero-order chi connectivity index (χ0) is 16.1. The van der Waals surface area contributed by atoms with E-state index in [0.29, 0.717) is 13.1 Å². The molecule has 120 valence electrons. The van der Waals surface area contributed by atoms with Gasteiger partial charge in [-0.1, -0.05) is 17.7 Å². The van der Waals surface area contributed by atoms with E-state index < -0.39 is 0 Å². The maximum Gasteiger partial charge on any atom is 0.321 e. The van der Waals surface area contributed by atoms with Gasteiger partial charge in [0.25, 0.3) is 0 Å². The molecule has 5 nitrogen and oxygen atoms in total. The third-order valence-electron chi connectivity index (χ3n) is 3.97. The number of hydrogen-bond acceptors (Lipinski definition) is 3. The summed E-state index contributed by atoms with van der Waals surface area (Å²) in [6.07, 6.45) is 5.25. The summed E-state index contributed by atoms with van der Waals surface area (Å²) >= 11 is 0. The van der Waals surface area contributed by atoms with Crippen LogP contribution in [0.3, 0.4) is 0 Å². The van der Waals surface area contributed by atoms with Crippen LogP contribution in [0, 0.1) is 6.92 Å². The van der Waals surface area contributed by atoms with Gasteiger partial charge in [-0.25, -0.2) is 4.79 Å². The number of nitrogens with one attached hydrogen (secondary N) is 1. The van der Waals surface area contributed by atoms with Crippen LogP contribution in [0.15, 0.2) is 48.8 Å². The van der Waals surface area contributed by atoms with Gasteiger partial charge in [0, 0.05) is 37.8 Å². The van der Waals surface area contributed by atoms with Gasteiger partial charge in [0.2, 0.25) is 0 Å². The fourth-order valence-corrected chi connectivity index (χ4v) is 2.63. The number of nitrogens with zero attached hydrogens (tertiary/aromatic N) is 2. The van der Waals surface area contributed by atoms with Crippen molar-refractivity contribution >= 4 is 11.7 Å². The van der Waals surface area contributed by atoms with E-state index in [1.54, 1.807) is 12.4 Å². The van der Waals surface area contributed by atoms with Crippen LogP contribution >= 0.6 is 0 Å². The Hall–Kier alpha value is -2.56. The molecule has 0 bridgehead atoms. The smallest absolute Gasteiger partial charge is 0.321 e. The molecule has 2 heterocycles. The third-order valence-corrected chi connectivity index (χ3v) is 3.97. The van der Waals surface area contributed by atoms with Gasteiger partial charge in [0.1, 0.15) is 11.9 Å². The number of benzene rings is 1. The number of amides is 2. The number of carbonyl (C=O) groups is 1. The highest BCUT2D eigenvalue weighted by atomic mass is 16.5. The minimum absolute atomic E-state index is 0.0475. The van der Waals surface area contributed by atoms with Crippen molar-refractivity contribution in [3.8, 4) is 5.75 Å². The van der Waals surface area contributed by atoms with E-state index in [-0.39, 0.29) is 12.1 Å². The van der Waals surface area contributed by atoms with Crippen molar-refractivity contribution in [3.05, 3.63) is 54.4 Å². The third kappa shape index (κ3) is 4.22. The zero-order valence-electron chi connectivity index (χ0n) is 13.2. The molecule has 1 fully saturated rings. The van der Waals surface area contributed by atoms with Crippen molar-refractivity contribution in [2.24, 2.45) is 0 Å². The molecule has 1 aliphatic heterocycles. The SMILES string of the molecule is Cc1ccc(NC(=O)N2CCC(Oc3cccnc3)CC2)cc1. The molecule has 0 atom stereocenters. The highest BCUT2D eigenvalue weighted by molar-refractivity contribution is 5.89. The number of aromatic nitrogens is 1. The monoisotopic (exact) mass is 311 g/mol. The van der Waals surface area contributed by atoms with Gasteiger partial charge in [-0.15, -0.1) is 0 Å². The van der Waals surface area contributed by atoms with E-state index in [1.807, 2.05) is 48.2 Å². The summed E-state index contributed by atoms with van der Waals surface area (Å²) < 4.78 is 5.89. The number of aryl methyl sites for hydroxylation is 1. The molecule has 3 rings (SSSR count). The standard InChI is InChI=1S/C18H21N3O2/c1-14-4-6-15(7-5-14)20-18(22)21-11-8-16(9-12-21)23-17-3-2-10-19-13-17/h2-7,10,13,16H,8-9,11-12H2,1H3,(H,20,22). The van der Waals surface area contributed by atoms with Gasteiger partial charge in [-0.05, 0) is 31.2 Å². The van der Waals surface area contributed by atoms with Crippen LogP contribution in [-0.4, -0.2) is 35.1 Å². The summed E-state index contributed by atoms with van der Waals surface area (Å²) in [6, 6.07) is 11.5. The average molecular weight is 311 g/mol. The number of rotatable bonds is 3. The summed E-state index contributed by atoms with van der Waals surface area (Å²) in [5.74, 6) is 0.787. The number of pyridine rings is 1. The molecule has 2 amide bonds. The van der Waals surface area contributed by atoms with E-state index in [9.17, 15) is 4.79 Å². The number of urea groups is 1. The predicted molar refractivity (Wildman–Crippen MR) is 89.7 cm³/mol. The molecule has 23 heavy (non-hydrogen) atoms. The molecular formula is C18H21N3O2. The summed E-state index contributed by atoms with van der Waals surface area (Å²) in [4.78, 5) is 18.2. The second kappa shape index (κ2) is 7.13. The second-order valence-electron chi connectivity index (χ2n) is 5.79. The Balaban J connectivity index is 1.48. The van der Waals surface area contributed by atoms with Gasteiger partial charge in [0.05, 0.1) is 6.20 Å². The highest BCUT2D eigenvalue weighted by Crippen LogP contribution is 2.19. The summed E-state index contributed by atoms with van der Waals surface area (Å²) in [7, 11) is 0. The number of carbonyl (C=O) groups excluding carboxylic acids is 1. The Morgan fingerprint density at radius 2 is 1.96 bits per heavy atom. The lowest BCUT2D eigenvalue weighted by molar-refractivity contribution is 0.115. The van der Waals surface area contributed by atoms with Crippen molar-refractivity contribution in [2.75, 3.05) is 18.4 Å². The molecule has 0 unspecified atom stereocenters. The Morgan fingerprint density at radius 1 is 1.22 bits per heavy atom. The van der Waals surface area contributed by atoms with Crippen molar-refractivity contribution < 1.29 is 9.53 Å². The first-order chi connectivity index (χ1) is 11.2. The van der Waals surface area contributed by atoms with Crippen LogP contribution in [0.1, 0.15) is 18.4 Å². The lowest BCUT2D eigenvalue weighted by Gasteiger charge is -2.32. The fourth-order valence-electron chi connectivity index (χ4n) is 2.63. The normalized spacial score (nSPS) is 15.3. The molecule has 0 radical (unpaired) electrons. The van der Waals surface area contributed by atoms with E-state index in [2.05, 4.69) is 10.3 Å². The Bertz CT molecular complexity index is 635. The molecule has 2 aromatic rings. The van der Waals surface area contributed by atoms with E-state index in [1.165, 1.54) is 5.56 Å². The maximum absolute atomic E-state index is 12.3. The predicted octanol–water partition coefficient (Wildman–Crippen LogP) is 3.47. The molecule has 0 aliphatic carbocycles. The highest BCUT2D eigenvalue weighted by Gasteiger charge is 2.24. The van der Waals surface area contributed by atoms with Crippen molar-refractivity contribution in [2.45, 2.75) is 25.9 Å².